The summed E-state index contributed by atoms with van der Waals surface area (Å²) in [6.45, 7) is 6.54. The molecule has 88 valence electrons. The smallest absolute Gasteiger partial charge is 0.371 e. The van der Waals surface area contributed by atoms with Crippen LogP contribution in [0.25, 0.3) is 0 Å². The summed E-state index contributed by atoms with van der Waals surface area (Å²) in [5, 5.41) is 12.1. The van der Waals surface area contributed by atoms with Gasteiger partial charge in [0.25, 0.3) is 0 Å². The molecule has 0 radical (unpaired) electrons. The summed E-state index contributed by atoms with van der Waals surface area (Å²) in [6, 6.07) is 1.62. The van der Waals surface area contributed by atoms with Crippen molar-refractivity contribution in [2.75, 3.05) is 26.2 Å². The van der Waals surface area contributed by atoms with Crippen molar-refractivity contribution < 1.29 is 14.3 Å². The highest BCUT2D eigenvalue weighted by atomic mass is 16.4. The molecule has 1 aliphatic heterocycles. The first kappa shape index (κ1) is 11.2. The molecular formula is C11H16N2O3. The number of nitrogens with one attached hydrogen (secondary N) is 1. The zero-order valence-electron chi connectivity index (χ0n) is 9.32. The lowest BCUT2D eigenvalue weighted by Gasteiger charge is -2.26. The number of furan rings is 1. The normalized spacial score (nSPS) is 17.6. The van der Waals surface area contributed by atoms with E-state index in [1.54, 1.807) is 6.07 Å². The Labute approximate surface area is 94.0 Å². The molecule has 1 aromatic rings. The number of carboxylic acids is 1. The average molecular weight is 224 g/mol. The zero-order valence-corrected chi connectivity index (χ0v) is 9.32. The number of aromatic carboxylic acids is 1. The summed E-state index contributed by atoms with van der Waals surface area (Å²) < 4.78 is 5.18. The molecule has 2 heterocycles. The first-order valence-corrected chi connectivity index (χ1v) is 5.42. The minimum atomic E-state index is -1.00. The van der Waals surface area contributed by atoms with Gasteiger partial charge in [0.2, 0.25) is 5.76 Å². The van der Waals surface area contributed by atoms with Gasteiger partial charge in [-0.1, -0.05) is 0 Å². The second-order valence-electron chi connectivity index (χ2n) is 4.02. The van der Waals surface area contributed by atoms with Crippen LogP contribution >= 0.6 is 0 Å². The maximum absolute atomic E-state index is 10.7. The van der Waals surface area contributed by atoms with Crippen molar-refractivity contribution in [2.24, 2.45) is 0 Å². The van der Waals surface area contributed by atoms with Crippen LogP contribution in [0, 0.1) is 6.92 Å². The molecule has 1 fully saturated rings. The maximum Gasteiger partial charge on any atom is 0.371 e. The lowest BCUT2D eigenvalue weighted by atomic mass is 10.2. The second-order valence-corrected chi connectivity index (χ2v) is 4.02. The molecule has 0 unspecified atom stereocenters. The van der Waals surface area contributed by atoms with Crippen LogP contribution in [0.5, 0.6) is 0 Å². The van der Waals surface area contributed by atoms with Crippen LogP contribution in [0.15, 0.2) is 10.5 Å². The molecule has 0 aromatic carbocycles. The molecule has 0 spiro atoms. The number of hydrogen-bond acceptors (Lipinski definition) is 4. The quantitative estimate of drug-likeness (QED) is 0.790. The molecule has 5 heteroatoms. The maximum atomic E-state index is 10.7. The lowest BCUT2D eigenvalue weighted by molar-refractivity contribution is 0.0661. The van der Waals surface area contributed by atoms with Gasteiger partial charge in [0.15, 0.2) is 0 Å². The predicted molar refractivity (Wildman–Crippen MR) is 58.6 cm³/mol. The van der Waals surface area contributed by atoms with Crippen molar-refractivity contribution in [3.63, 3.8) is 0 Å². The Bertz CT molecular complexity index is 381. The van der Waals surface area contributed by atoms with Crippen molar-refractivity contribution >= 4 is 5.97 Å². The molecule has 1 aliphatic rings. The number of hydrogen-bond donors (Lipinski definition) is 2. The minimum absolute atomic E-state index is 0.0302. The number of nitrogens with zero attached hydrogens (tertiary/aromatic N) is 1. The standard InChI is InChI=1S/C11H16N2O3/c1-8-9(6-10(16-8)11(14)15)7-13-4-2-12-3-5-13/h6,12H,2-5,7H2,1H3,(H,14,15). The number of piperazine rings is 1. The first-order chi connectivity index (χ1) is 7.66. The van der Waals surface area contributed by atoms with Crippen molar-refractivity contribution in [1.82, 2.24) is 10.2 Å². The van der Waals surface area contributed by atoms with E-state index in [1.807, 2.05) is 6.92 Å². The molecule has 2 rings (SSSR count). The van der Waals surface area contributed by atoms with E-state index in [0.29, 0.717) is 5.76 Å². The Balaban J connectivity index is 2.05. The summed E-state index contributed by atoms with van der Waals surface area (Å²) in [6.07, 6.45) is 0. The monoisotopic (exact) mass is 224 g/mol. The molecule has 0 aliphatic carbocycles. The van der Waals surface area contributed by atoms with E-state index < -0.39 is 5.97 Å². The Morgan fingerprint density at radius 1 is 1.56 bits per heavy atom. The SMILES string of the molecule is Cc1oc(C(=O)O)cc1CN1CCNCC1. The van der Waals surface area contributed by atoms with Gasteiger partial charge in [0.05, 0.1) is 0 Å². The Morgan fingerprint density at radius 2 is 2.25 bits per heavy atom. The van der Waals surface area contributed by atoms with E-state index in [9.17, 15) is 4.79 Å². The van der Waals surface area contributed by atoms with E-state index >= 15 is 0 Å². The van der Waals surface area contributed by atoms with E-state index in [4.69, 9.17) is 9.52 Å². The third kappa shape index (κ3) is 2.43. The zero-order chi connectivity index (χ0) is 11.5. The van der Waals surface area contributed by atoms with Gasteiger partial charge in [0, 0.05) is 38.3 Å². The molecule has 0 bridgehead atoms. The van der Waals surface area contributed by atoms with E-state index in [0.717, 1.165) is 38.3 Å². The second kappa shape index (κ2) is 4.67. The Kier molecular flexibility index (Phi) is 3.26. The van der Waals surface area contributed by atoms with E-state index in [2.05, 4.69) is 10.2 Å². The Morgan fingerprint density at radius 3 is 2.81 bits per heavy atom. The van der Waals surface area contributed by atoms with E-state index in [-0.39, 0.29) is 5.76 Å². The number of aryl methyl sites for hydroxylation is 1. The summed E-state index contributed by atoms with van der Waals surface area (Å²) >= 11 is 0. The highest BCUT2D eigenvalue weighted by Gasteiger charge is 2.16. The first-order valence-electron chi connectivity index (χ1n) is 5.42. The molecule has 0 atom stereocenters. The van der Waals surface area contributed by atoms with Gasteiger partial charge in [-0.25, -0.2) is 4.79 Å². The van der Waals surface area contributed by atoms with Crippen LogP contribution < -0.4 is 5.32 Å². The summed E-state index contributed by atoms with van der Waals surface area (Å²) in [4.78, 5) is 13.0. The largest absolute Gasteiger partial charge is 0.475 e. The molecular weight excluding hydrogens is 208 g/mol. The van der Waals surface area contributed by atoms with Crippen LogP contribution in [0.2, 0.25) is 0 Å². The third-order valence-corrected chi connectivity index (χ3v) is 2.83. The van der Waals surface area contributed by atoms with Gasteiger partial charge >= 0.3 is 5.97 Å². The summed E-state index contributed by atoms with van der Waals surface area (Å²) in [5.74, 6) is -0.270. The average Bonchev–Trinajstić information content (AvgIpc) is 2.62. The molecule has 0 amide bonds. The van der Waals surface area contributed by atoms with Crippen molar-refractivity contribution in [1.29, 1.82) is 0 Å². The van der Waals surface area contributed by atoms with Crippen LogP contribution in [-0.4, -0.2) is 42.2 Å². The molecule has 2 N–H and O–H groups in total. The fraction of sp³-hybridized carbons (Fsp3) is 0.545. The van der Waals surface area contributed by atoms with Crippen LogP contribution in [0.1, 0.15) is 21.9 Å². The molecule has 1 aromatic heterocycles. The van der Waals surface area contributed by atoms with Gasteiger partial charge in [-0.3, -0.25) is 4.90 Å². The summed E-state index contributed by atoms with van der Waals surface area (Å²) in [5.41, 5.74) is 0.972. The third-order valence-electron chi connectivity index (χ3n) is 2.83. The Hall–Kier alpha value is -1.33. The van der Waals surface area contributed by atoms with E-state index in [1.165, 1.54) is 0 Å². The predicted octanol–water partition coefficient (Wildman–Crippen LogP) is 0.691. The molecule has 1 saturated heterocycles. The van der Waals surface area contributed by atoms with Crippen molar-refractivity contribution in [2.45, 2.75) is 13.5 Å². The minimum Gasteiger partial charge on any atom is -0.475 e. The molecule has 16 heavy (non-hydrogen) atoms. The van der Waals surface area contributed by atoms with Gasteiger partial charge in [-0.2, -0.15) is 0 Å². The fourth-order valence-corrected chi connectivity index (χ4v) is 1.89. The highest BCUT2D eigenvalue weighted by molar-refractivity contribution is 5.84. The van der Waals surface area contributed by atoms with Crippen LogP contribution in [0.3, 0.4) is 0 Å². The van der Waals surface area contributed by atoms with Crippen molar-refractivity contribution in [3.05, 3.63) is 23.2 Å². The van der Waals surface area contributed by atoms with Gasteiger partial charge in [0.1, 0.15) is 5.76 Å². The van der Waals surface area contributed by atoms with Gasteiger partial charge in [-0.15, -0.1) is 0 Å². The van der Waals surface area contributed by atoms with Gasteiger partial charge in [-0.05, 0) is 13.0 Å². The number of carbonyl (C=O) groups is 1. The van der Waals surface area contributed by atoms with Crippen LogP contribution in [0.4, 0.5) is 0 Å². The lowest BCUT2D eigenvalue weighted by Crippen LogP contribution is -2.42. The highest BCUT2D eigenvalue weighted by Crippen LogP contribution is 2.16. The molecule has 0 saturated carbocycles. The molecule has 5 nitrogen and oxygen atoms in total. The number of rotatable bonds is 3. The van der Waals surface area contributed by atoms with Gasteiger partial charge < -0.3 is 14.8 Å². The van der Waals surface area contributed by atoms with Crippen LogP contribution in [-0.2, 0) is 6.54 Å². The topological polar surface area (TPSA) is 65.7 Å². The fourth-order valence-electron chi connectivity index (χ4n) is 1.89. The number of carboxylic acid groups (broad SMARTS) is 1. The van der Waals surface area contributed by atoms with Crippen molar-refractivity contribution in [3.8, 4) is 0 Å². The summed E-state index contributed by atoms with van der Waals surface area (Å²) in [7, 11) is 0.